The van der Waals surface area contributed by atoms with Crippen LogP contribution in [-0.4, -0.2) is 50.3 Å². The first-order valence-corrected chi connectivity index (χ1v) is 3.30. The van der Waals surface area contributed by atoms with Gasteiger partial charge in [-0.2, -0.15) is 5.06 Å². The number of rotatable bonds is 1. The van der Waals surface area contributed by atoms with Crippen molar-refractivity contribution in [3.05, 3.63) is 0 Å². The minimum atomic E-state index is 1.03. The molecule has 0 saturated carbocycles. The van der Waals surface area contributed by atoms with Gasteiger partial charge >= 0.3 is 0 Å². The summed E-state index contributed by atoms with van der Waals surface area (Å²) in [7, 11) is 3.86. The average molecular weight is 130 g/mol. The molecule has 0 amide bonds. The van der Waals surface area contributed by atoms with Crippen LogP contribution in [0, 0.1) is 0 Å². The predicted molar refractivity (Wildman–Crippen MR) is 36.1 cm³/mol. The molecule has 1 heterocycles. The van der Waals surface area contributed by atoms with Gasteiger partial charge in [-0.3, -0.25) is 0 Å². The summed E-state index contributed by atoms with van der Waals surface area (Å²) in [5.41, 5.74) is 0. The molecule has 0 spiro atoms. The second-order valence-electron chi connectivity index (χ2n) is 2.41. The molecule has 1 saturated heterocycles. The van der Waals surface area contributed by atoms with Crippen LogP contribution >= 0.6 is 0 Å². The van der Waals surface area contributed by atoms with Crippen molar-refractivity contribution in [1.82, 2.24) is 9.96 Å². The molecule has 0 atom stereocenters. The van der Waals surface area contributed by atoms with Crippen LogP contribution in [0.2, 0.25) is 0 Å². The van der Waals surface area contributed by atoms with Gasteiger partial charge in [0.2, 0.25) is 0 Å². The number of likely N-dealkylation sites (N-methyl/N-ethyl adjacent to an activating group) is 1. The number of piperazine rings is 1. The Labute approximate surface area is 56.1 Å². The molecule has 0 unspecified atom stereocenters. The third kappa shape index (κ3) is 1.93. The zero-order valence-electron chi connectivity index (χ0n) is 6.13. The Morgan fingerprint density at radius 3 is 2.11 bits per heavy atom. The summed E-state index contributed by atoms with van der Waals surface area (Å²) in [6.07, 6.45) is 0. The van der Waals surface area contributed by atoms with E-state index in [4.69, 9.17) is 4.84 Å². The molecule has 0 aromatic rings. The number of hydroxylamine groups is 2. The maximum atomic E-state index is 5.05. The Hall–Kier alpha value is -0.120. The van der Waals surface area contributed by atoms with Gasteiger partial charge in [-0.05, 0) is 7.05 Å². The van der Waals surface area contributed by atoms with E-state index in [1.54, 1.807) is 7.11 Å². The summed E-state index contributed by atoms with van der Waals surface area (Å²) < 4.78 is 0. The van der Waals surface area contributed by atoms with Gasteiger partial charge in [-0.15, -0.1) is 0 Å². The monoisotopic (exact) mass is 130 g/mol. The highest BCUT2D eigenvalue weighted by atomic mass is 16.7. The molecule has 9 heavy (non-hydrogen) atoms. The van der Waals surface area contributed by atoms with Crippen molar-refractivity contribution in [3.8, 4) is 0 Å². The lowest BCUT2D eigenvalue weighted by Gasteiger charge is -2.30. The van der Waals surface area contributed by atoms with Crippen molar-refractivity contribution in [2.45, 2.75) is 0 Å². The quantitative estimate of drug-likeness (QED) is 0.488. The lowest BCUT2D eigenvalue weighted by Crippen LogP contribution is -2.43. The van der Waals surface area contributed by atoms with Crippen LogP contribution in [0.25, 0.3) is 0 Å². The van der Waals surface area contributed by atoms with Gasteiger partial charge in [-0.1, -0.05) is 0 Å². The fourth-order valence-electron chi connectivity index (χ4n) is 0.971. The molecule has 0 N–H and O–H groups in total. The van der Waals surface area contributed by atoms with Gasteiger partial charge in [0.15, 0.2) is 0 Å². The summed E-state index contributed by atoms with van der Waals surface area (Å²) in [6.45, 7) is 4.31. The third-order valence-electron chi connectivity index (χ3n) is 1.72. The first-order valence-electron chi connectivity index (χ1n) is 3.30. The van der Waals surface area contributed by atoms with Gasteiger partial charge in [0, 0.05) is 26.2 Å². The van der Waals surface area contributed by atoms with Crippen LogP contribution in [0.5, 0.6) is 0 Å². The molecular weight excluding hydrogens is 116 g/mol. The molecule has 0 aromatic heterocycles. The van der Waals surface area contributed by atoms with E-state index >= 15 is 0 Å². The second kappa shape index (κ2) is 3.15. The van der Waals surface area contributed by atoms with Crippen LogP contribution in [0.15, 0.2) is 0 Å². The second-order valence-corrected chi connectivity index (χ2v) is 2.41. The van der Waals surface area contributed by atoms with E-state index in [1.165, 1.54) is 0 Å². The van der Waals surface area contributed by atoms with E-state index in [2.05, 4.69) is 11.9 Å². The Morgan fingerprint density at radius 1 is 1.11 bits per heavy atom. The highest BCUT2D eigenvalue weighted by Gasteiger charge is 2.11. The molecule has 0 radical (unpaired) electrons. The molecule has 0 aromatic carbocycles. The fraction of sp³-hybridized carbons (Fsp3) is 1.00. The standard InChI is InChI=1S/C6H14N2O/c1-7-3-5-8(9-2)6-4-7/h3-6H2,1-2H3. The van der Waals surface area contributed by atoms with E-state index in [0.29, 0.717) is 0 Å². The first kappa shape index (κ1) is 6.99. The average Bonchev–Trinajstić information content (AvgIpc) is 1.90. The van der Waals surface area contributed by atoms with Crippen LogP contribution in [0.4, 0.5) is 0 Å². The van der Waals surface area contributed by atoms with E-state index in [1.807, 2.05) is 5.06 Å². The van der Waals surface area contributed by atoms with Gasteiger partial charge < -0.3 is 9.74 Å². The van der Waals surface area contributed by atoms with Crippen molar-refractivity contribution in [3.63, 3.8) is 0 Å². The smallest absolute Gasteiger partial charge is 0.0575 e. The summed E-state index contributed by atoms with van der Waals surface area (Å²) >= 11 is 0. The van der Waals surface area contributed by atoms with Gasteiger partial charge in [-0.25, -0.2) is 0 Å². The molecular formula is C6H14N2O. The molecule has 0 bridgehead atoms. The van der Waals surface area contributed by atoms with E-state index in [9.17, 15) is 0 Å². The molecule has 0 aliphatic carbocycles. The highest BCUT2D eigenvalue weighted by molar-refractivity contribution is 4.62. The lowest BCUT2D eigenvalue weighted by molar-refractivity contribution is -0.149. The van der Waals surface area contributed by atoms with E-state index < -0.39 is 0 Å². The minimum absolute atomic E-state index is 1.03. The molecule has 3 nitrogen and oxygen atoms in total. The normalized spacial score (nSPS) is 24.7. The van der Waals surface area contributed by atoms with E-state index in [0.717, 1.165) is 26.2 Å². The largest absolute Gasteiger partial charge is 0.304 e. The van der Waals surface area contributed by atoms with Crippen molar-refractivity contribution in [1.29, 1.82) is 0 Å². The van der Waals surface area contributed by atoms with Gasteiger partial charge in [0.1, 0.15) is 0 Å². The Morgan fingerprint density at radius 2 is 1.67 bits per heavy atom. The maximum Gasteiger partial charge on any atom is 0.0575 e. The molecule has 1 rings (SSSR count). The van der Waals surface area contributed by atoms with Crippen molar-refractivity contribution in [2.24, 2.45) is 0 Å². The minimum Gasteiger partial charge on any atom is -0.304 e. The summed E-state index contributed by atoms with van der Waals surface area (Å²) in [4.78, 5) is 7.35. The van der Waals surface area contributed by atoms with Crippen LogP contribution < -0.4 is 0 Å². The highest BCUT2D eigenvalue weighted by Crippen LogP contribution is 1.96. The van der Waals surface area contributed by atoms with Gasteiger partial charge in [0.25, 0.3) is 0 Å². The van der Waals surface area contributed by atoms with Crippen molar-refractivity contribution >= 4 is 0 Å². The Kier molecular flexibility index (Phi) is 2.45. The van der Waals surface area contributed by atoms with Crippen molar-refractivity contribution in [2.75, 3.05) is 40.3 Å². The Balaban J connectivity index is 2.18. The lowest BCUT2D eigenvalue weighted by atomic mass is 10.4. The molecule has 1 fully saturated rings. The topological polar surface area (TPSA) is 15.7 Å². The summed E-state index contributed by atoms with van der Waals surface area (Å²) in [6, 6.07) is 0. The summed E-state index contributed by atoms with van der Waals surface area (Å²) in [5.74, 6) is 0. The maximum absolute atomic E-state index is 5.05. The Bertz CT molecular complexity index is 79.1. The van der Waals surface area contributed by atoms with Crippen LogP contribution in [0.1, 0.15) is 0 Å². The predicted octanol–water partition coefficient (Wildman–Crippen LogP) is -0.205. The fourth-order valence-corrected chi connectivity index (χ4v) is 0.971. The number of hydrogen-bond acceptors (Lipinski definition) is 3. The van der Waals surface area contributed by atoms with Gasteiger partial charge in [0.05, 0.1) is 7.11 Å². The zero-order valence-corrected chi connectivity index (χ0v) is 6.13. The molecule has 3 heteroatoms. The van der Waals surface area contributed by atoms with Crippen LogP contribution in [-0.2, 0) is 4.84 Å². The van der Waals surface area contributed by atoms with Crippen molar-refractivity contribution < 1.29 is 4.84 Å². The molecule has 1 aliphatic heterocycles. The third-order valence-corrected chi connectivity index (χ3v) is 1.72. The molecule has 1 aliphatic rings. The summed E-state index contributed by atoms with van der Waals surface area (Å²) in [5, 5.41) is 1.99. The van der Waals surface area contributed by atoms with Crippen LogP contribution in [0.3, 0.4) is 0 Å². The zero-order chi connectivity index (χ0) is 6.69. The number of nitrogens with zero attached hydrogens (tertiary/aromatic N) is 2. The first-order chi connectivity index (χ1) is 4.33. The molecule has 54 valence electrons. The number of hydrogen-bond donors (Lipinski definition) is 0. The van der Waals surface area contributed by atoms with E-state index in [-0.39, 0.29) is 0 Å². The SMILES string of the molecule is CON1CCN(C)CC1.